The number of nitrogens with one attached hydrogen (secondary N) is 1. The number of amides is 3. The van der Waals surface area contributed by atoms with Crippen LogP contribution in [0.15, 0.2) is 72.8 Å². The highest BCUT2D eigenvalue weighted by Gasteiger charge is 2.40. The Kier molecular flexibility index (Phi) is 11.3. The van der Waals surface area contributed by atoms with Gasteiger partial charge in [0.2, 0.25) is 17.7 Å². The van der Waals surface area contributed by atoms with E-state index in [4.69, 9.17) is 19.9 Å². The van der Waals surface area contributed by atoms with Crippen LogP contribution in [0.3, 0.4) is 0 Å². The van der Waals surface area contributed by atoms with E-state index in [2.05, 4.69) is 59.4 Å². The number of nitrogens with two attached hydrogens (primary N) is 1. The zero-order valence-electron chi connectivity index (χ0n) is 35.4. The zero-order valence-corrected chi connectivity index (χ0v) is 35.4. The smallest absolute Gasteiger partial charge is 0.249 e. The number of carbonyl (C=O) groups is 3. The molecule has 0 radical (unpaired) electrons. The van der Waals surface area contributed by atoms with Crippen LogP contribution in [-0.4, -0.2) is 128 Å². The number of carbonyl (C=O) groups excluding carboxylic acids is 3. The summed E-state index contributed by atoms with van der Waals surface area (Å²) >= 11 is 0. The Morgan fingerprint density at radius 1 is 0.825 bits per heavy atom. The lowest BCUT2D eigenvalue weighted by Gasteiger charge is -2.51. The minimum absolute atomic E-state index is 0.0255. The van der Waals surface area contributed by atoms with Crippen molar-refractivity contribution in [3.63, 3.8) is 0 Å². The molecule has 0 spiro atoms. The number of rotatable bonds is 9. The van der Waals surface area contributed by atoms with Gasteiger partial charge in [-0.1, -0.05) is 24.3 Å². The Labute approximate surface area is 366 Å². The van der Waals surface area contributed by atoms with Gasteiger partial charge in [-0.15, -0.1) is 10.2 Å². The maximum absolute atomic E-state index is 13.6. The molecule has 3 amide bonds. The van der Waals surface area contributed by atoms with Crippen LogP contribution in [-0.2, 0) is 19.1 Å². The van der Waals surface area contributed by atoms with Crippen molar-refractivity contribution in [2.45, 2.75) is 69.2 Å². The molecule has 3 aromatic carbocycles. The highest BCUT2D eigenvalue weighted by Crippen LogP contribution is 2.43. The first-order valence-corrected chi connectivity index (χ1v) is 22.4. The number of nitrogens with zero attached hydrogens (tertiary/aromatic N) is 7. The lowest BCUT2D eigenvalue weighted by molar-refractivity contribution is -0.135. The zero-order chi connectivity index (χ0) is 43.0. The van der Waals surface area contributed by atoms with E-state index >= 15 is 0 Å². The average molecular weight is 858 g/mol. The SMILES string of the molecule is Nc1nnc(-c2ccccc2O)cc1N1C[C@H]2COC[C@@H](C1)N2c1cccc(OC2CCN(C(=O)CC3CCN(c4cccc5c4OCCN5C4CCC(=O)NC4=O)CC3)CC2)c1. The van der Waals surface area contributed by atoms with Gasteiger partial charge >= 0.3 is 0 Å². The number of nitrogen functional groups attached to an aromatic ring is 1. The van der Waals surface area contributed by atoms with E-state index in [1.165, 1.54) is 0 Å². The number of ether oxygens (including phenoxy) is 3. The minimum Gasteiger partial charge on any atom is -0.507 e. The molecule has 5 saturated heterocycles. The molecule has 7 heterocycles. The summed E-state index contributed by atoms with van der Waals surface area (Å²) in [7, 11) is 0. The Bertz CT molecular complexity index is 2340. The molecule has 4 N–H and O–H groups in total. The first-order valence-electron chi connectivity index (χ1n) is 22.4. The van der Waals surface area contributed by atoms with Gasteiger partial charge in [-0.3, -0.25) is 19.7 Å². The summed E-state index contributed by atoms with van der Waals surface area (Å²) in [6, 6.07) is 23.2. The van der Waals surface area contributed by atoms with Gasteiger partial charge < -0.3 is 49.6 Å². The summed E-state index contributed by atoms with van der Waals surface area (Å²) in [5, 5.41) is 21.5. The highest BCUT2D eigenvalue weighted by molar-refractivity contribution is 6.02. The van der Waals surface area contributed by atoms with E-state index in [1.807, 2.05) is 41.3 Å². The first-order chi connectivity index (χ1) is 30.8. The Morgan fingerprint density at radius 2 is 1.59 bits per heavy atom. The number of fused-ring (bicyclic) bond motifs is 3. The summed E-state index contributed by atoms with van der Waals surface area (Å²) < 4.78 is 18.9. The number of aromatic hydroxyl groups is 1. The van der Waals surface area contributed by atoms with Crippen molar-refractivity contribution >= 4 is 46.3 Å². The molecule has 16 heteroatoms. The molecule has 0 aliphatic carbocycles. The molecular formula is C47H55N9O7. The summed E-state index contributed by atoms with van der Waals surface area (Å²) in [5.74, 6) is 2.20. The van der Waals surface area contributed by atoms with Crippen molar-refractivity contribution in [1.82, 2.24) is 20.4 Å². The molecule has 330 valence electrons. The molecule has 0 saturated carbocycles. The summed E-state index contributed by atoms with van der Waals surface area (Å²) in [6.07, 6.45) is 4.81. The van der Waals surface area contributed by atoms with Crippen LogP contribution in [0.2, 0.25) is 0 Å². The number of imide groups is 1. The number of likely N-dealkylation sites (tertiary alicyclic amines) is 1. The predicted octanol–water partition coefficient (Wildman–Crippen LogP) is 4.21. The third-order valence-corrected chi connectivity index (χ3v) is 13.7. The normalized spacial score (nSPS) is 23.2. The van der Waals surface area contributed by atoms with Crippen molar-refractivity contribution in [2.24, 2.45) is 5.92 Å². The van der Waals surface area contributed by atoms with Gasteiger partial charge in [0.25, 0.3) is 0 Å². The number of piperazine rings is 1. The number of hydrogen-bond donors (Lipinski definition) is 3. The molecule has 63 heavy (non-hydrogen) atoms. The summed E-state index contributed by atoms with van der Waals surface area (Å²) in [4.78, 5) is 49.3. The number of phenolic OH excluding ortho intramolecular Hbond substituents is 1. The van der Waals surface area contributed by atoms with Crippen LogP contribution in [0.5, 0.6) is 17.2 Å². The Hall–Kier alpha value is -6.29. The lowest BCUT2D eigenvalue weighted by Crippen LogP contribution is -2.65. The summed E-state index contributed by atoms with van der Waals surface area (Å²) in [5.41, 5.74) is 11.4. The fourth-order valence-corrected chi connectivity index (χ4v) is 10.4. The van der Waals surface area contributed by atoms with E-state index in [0.717, 1.165) is 73.0 Å². The van der Waals surface area contributed by atoms with Crippen molar-refractivity contribution < 1.29 is 33.7 Å². The van der Waals surface area contributed by atoms with Crippen LogP contribution >= 0.6 is 0 Å². The van der Waals surface area contributed by atoms with E-state index in [0.29, 0.717) is 94.8 Å². The number of hydrogen-bond acceptors (Lipinski definition) is 14. The Morgan fingerprint density at radius 3 is 2.37 bits per heavy atom. The maximum atomic E-state index is 13.6. The fraction of sp³-hybridized carbons (Fsp3) is 0.468. The van der Waals surface area contributed by atoms with E-state index in [1.54, 1.807) is 12.1 Å². The standard InChI is InChI=1S/C47H55N9O7/c48-46-41(25-37(50-51-46)36-7-1-2-10-42(36)57)54-26-32-28-61-29-33(27-54)56(32)31-5-3-6-35(24-31)63-34-15-19-53(20-16-34)44(59)23-30-13-17-52(18-14-30)38-8-4-9-39-45(38)62-22-21-55(39)40-11-12-43(58)49-47(40)60/h1-10,24-25,30,32-34,40,57H,11-23,26-29H2,(H2,48,51)(H,49,58,60)/t32-,33+,40?. The minimum atomic E-state index is -0.387. The Balaban J connectivity index is 0.710. The average Bonchev–Trinajstić information content (AvgIpc) is 3.29. The van der Waals surface area contributed by atoms with Crippen molar-refractivity contribution in [1.29, 1.82) is 0 Å². The largest absolute Gasteiger partial charge is 0.507 e. The van der Waals surface area contributed by atoms with Gasteiger partial charge in [-0.25, -0.2) is 0 Å². The van der Waals surface area contributed by atoms with Crippen LogP contribution in [0.25, 0.3) is 11.3 Å². The second-order valence-corrected chi connectivity index (χ2v) is 17.6. The van der Waals surface area contributed by atoms with E-state index in [-0.39, 0.29) is 47.7 Å². The van der Waals surface area contributed by atoms with Crippen LogP contribution in [0.1, 0.15) is 44.9 Å². The number of anilines is 5. The monoisotopic (exact) mass is 857 g/mol. The van der Waals surface area contributed by atoms with Gasteiger partial charge in [-0.05, 0) is 67.6 Å². The maximum Gasteiger partial charge on any atom is 0.249 e. The molecule has 2 bridgehead atoms. The van der Waals surface area contributed by atoms with Crippen molar-refractivity contribution in [3.05, 3.63) is 72.8 Å². The number of phenols is 1. The van der Waals surface area contributed by atoms with Gasteiger partial charge in [-0.2, -0.15) is 0 Å². The van der Waals surface area contributed by atoms with Crippen molar-refractivity contribution in [3.8, 4) is 28.5 Å². The highest BCUT2D eigenvalue weighted by atomic mass is 16.5. The molecule has 10 rings (SSSR count). The molecule has 3 atom stereocenters. The lowest BCUT2D eigenvalue weighted by atomic mass is 9.92. The molecular weight excluding hydrogens is 803 g/mol. The predicted molar refractivity (Wildman–Crippen MR) is 238 cm³/mol. The molecule has 6 aliphatic rings. The second kappa shape index (κ2) is 17.5. The molecule has 1 unspecified atom stereocenters. The molecule has 5 fully saturated rings. The molecule has 4 aromatic rings. The van der Waals surface area contributed by atoms with Gasteiger partial charge in [0.1, 0.15) is 30.3 Å². The van der Waals surface area contributed by atoms with Crippen LogP contribution in [0, 0.1) is 5.92 Å². The molecule has 6 aliphatic heterocycles. The topological polar surface area (TPSA) is 179 Å². The first kappa shape index (κ1) is 40.8. The number of piperidine rings is 3. The van der Waals surface area contributed by atoms with Gasteiger partial charge in [0, 0.05) is 82.3 Å². The third-order valence-electron chi connectivity index (χ3n) is 13.7. The van der Waals surface area contributed by atoms with Crippen molar-refractivity contribution in [2.75, 3.05) is 91.0 Å². The summed E-state index contributed by atoms with van der Waals surface area (Å²) in [6.45, 7) is 6.60. The molecule has 1 aromatic heterocycles. The van der Waals surface area contributed by atoms with E-state index < -0.39 is 0 Å². The van der Waals surface area contributed by atoms with E-state index in [9.17, 15) is 19.5 Å². The fourth-order valence-electron chi connectivity index (χ4n) is 10.4. The molecule has 16 nitrogen and oxygen atoms in total. The quantitative estimate of drug-likeness (QED) is 0.204. The second-order valence-electron chi connectivity index (χ2n) is 17.6. The number of benzene rings is 3. The van der Waals surface area contributed by atoms with Gasteiger partial charge in [0.15, 0.2) is 11.6 Å². The number of morpholine rings is 1. The number of para-hydroxylation sites is 2. The van der Waals surface area contributed by atoms with Gasteiger partial charge in [0.05, 0.1) is 54.6 Å². The third kappa shape index (κ3) is 8.35. The number of aromatic nitrogens is 2. The van der Waals surface area contributed by atoms with Crippen LogP contribution < -0.4 is 40.1 Å². The van der Waals surface area contributed by atoms with Crippen LogP contribution in [0.4, 0.5) is 28.6 Å².